The summed E-state index contributed by atoms with van der Waals surface area (Å²) in [4.78, 5) is 0. The van der Waals surface area contributed by atoms with E-state index in [1.807, 2.05) is 10.6 Å². The minimum absolute atomic E-state index is 0. The molecule has 2 aromatic carbocycles. The Kier molecular flexibility index (Phi) is 13.3. The molecule has 6 aliphatic carbocycles. The van der Waals surface area contributed by atoms with Gasteiger partial charge in [-0.3, -0.25) is 0 Å². The Balaban J connectivity index is 0.00000193. The number of rotatable bonds is 8. The molecule has 252 valence electrons. The molecule has 6 aliphatic rings. The van der Waals surface area contributed by atoms with Crippen LogP contribution in [0.1, 0.15) is 158 Å². The second-order valence-corrected chi connectivity index (χ2v) is 24.7. The monoisotopic (exact) mass is 750 g/mol. The third kappa shape index (κ3) is 7.74. The Hall–Kier alpha value is -0.477. The molecule has 2 aromatic rings. The third-order valence-electron chi connectivity index (χ3n) is 12.6. The van der Waals surface area contributed by atoms with Gasteiger partial charge in [-0.25, -0.2) is 0 Å². The number of allylic oxidation sites excluding steroid dienone is 2. The molecule has 0 bridgehead atoms. The molecule has 0 N–H and O–H groups in total. The minimum Gasteiger partial charge on any atom is -1.00 e. The third-order valence-corrected chi connectivity index (χ3v) is 25.7. The van der Waals surface area contributed by atoms with Crippen LogP contribution in [0.25, 0.3) is 12.2 Å². The van der Waals surface area contributed by atoms with Crippen LogP contribution < -0.4 is 9.41 Å². The van der Waals surface area contributed by atoms with Gasteiger partial charge in [-0.2, -0.15) is 0 Å². The second kappa shape index (κ2) is 17.2. The Bertz CT molecular complexity index is 1220. The van der Waals surface area contributed by atoms with E-state index in [4.69, 9.17) is 0 Å². The van der Waals surface area contributed by atoms with E-state index < -0.39 is 23.2 Å². The molecule has 47 heavy (non-hydrogen) atoms. The van der Waals surface area contributed by atoms with Crippen molar-refractivity contribution < 1.29 is 32.6 Å². The van der Waals surface area contributed by atoms with E-state index in [2.05, 4.69) is 60.7 Å². The summed E-state index contributed by atoms with van der Waals surface area (Å²) in [5.74, 6) is 0. The van der Waals surface area contributed by atoms with Crippen LogP contribution in [0.3, 0.4) is 0 Å². The Labute approximate surface area is 298 Å². The van der Waals surface area contributed by atoms with E-state index in [0.717, 1.165) is 29.9 Å². The molecule has 0 aromatic heterocycles. The summed E-state index contributed by atoms with van der Waals surface area (Å²) < 4.78 is 1.60. The predicted molar refractivity (Wildman–Crippen MR) is 196 cm³/mol. The van der Waals surface area contributed by atoms with Crippen molar-refractivity contribution in [3.8, 4) is 0 Å². The van der Waals surface area contributed by atoms with Crippen molar-refractivity contribution >= 4 is 28.0 Å². The van der Waals surface area contributed by atoms with Gasteiger partial charge in [0.2, 0.25) is 0 Å². The van der Waals surface area contributed by atoms with Crippen LogP contribution in [0.2, 0.25) is 0 Å². The van der Waals surface area contributed by atoms with Gasteiger partial charge < -0.3 is 9.41 Å². The largest absolute Gasteiger partial charge is 1.00 e. The normalized spacial score (nSPS) is 25.7. The zero-order valence-corrected chi connectivity index (χ0v) is 32.8. The van der Waals surface area contributed by atoms with Crippen molar-refractivity contribution in [3.63, 3.8) is 0 Å². The molecule has 0 saturated heterocycles. The van der Waals surface area contributed by atoms with Crippen molar-refractivity contribution in [2.75, 3.05) is 0 Å². The molecule has 8 rings (SSSR count). The van der Waals surface area contributed by atoms with E-state index >= 15 is 0 Å². The van der Waals surface area contributed by atoms with Gasteiger partial charge in [0.05, 0.1) is 0 Å². The molecule has 4 saturated carbocycles. The molecule has 0 nitrogen and oxygen atoms in total. The van der Waals surface area contributed by atoms with Gasteiger partial charge in [-0.1, -0.05) is 0 Å². The number of fused-ring (bicyclic) bond motifs is 2. The van der Waals surface area contributed by atoms with Gasteiger partial charge in [0.1, 0.15) is 0 Å². The molecule has 0 aliphatic heterocycles. The molecular weight excluding hydrogens is 696 g/mol. The van der Waals surface area contributed by atoms with Crippen molar-refractivity contribution in [2.45, 2.75) is 158 Å². The molecule has 0 amide bonds. The average Bonchev–Trinajstić information content (AvgIpc) is 3.65. The fourth-order valence-electron chi connectivity index (χ4n) is 10.5. The van der Waals surface area contributed by atoms with E-state index in [-0.39, 0.29) is 25.3 Å². The molecule has 0 radical (unpaired) electrons. The van der Waals surface area contributed by atoms with Gasteiger partial charge in [0.25, 0.3) is 0 Å². The molecule has 0 heterocycles. The van der Waals surface area contributed by atoms with Crippen molar-refractivity contribution in [2.24, 2.45) is 0 Å². The molecule has 4 fully saturated rings. The number of hydrogen-bond acceptors (Lipinski definition) is 0. The fourth-order valence-corrected chi connectivity index (χ4v) is 25.8. The standard InChI is InChI=1S/2C21H28P.2FH.Zr/c2*1-3-11-19(12-4-1)22(20-13-5-2-6-14-20)21-15-17-9-7-8-10-18(17)16-21;;;/h2*7-10,15-16,19-20H,1-6,11-14H2;2*1H;/q;;;;+2/p-2. The van der Waals surface area contributed by atoms with Gasteiger partial charge in [-0.05, 0) is 0 Å². The SMILES string of the molecule is C1=C(P(C2CCCCC2)C2CCCCC2)[CH]([Zr+2][CH]2C(P(C3CCCCC3)C3CCCCC3)=Cc3ccccc32)c2ccccc21.[F-].[F-]. The summed E-state index contributed by atoms with van der Waals surface area (Å²) in [6.45, 7) is 0. The molecule has 0 spiro atoms. The summed E-state index contributed by atoms with van der Waals surface area (Å²) in [6.07, 6.45) is 35.8. The summed E-state index contributed by atoms with van der Waals surface area (Å²) in [6, 6.07) is 19.6. The van der Waals surface area contributed by atoms with Crippen LogP contribution in [0.15, 0.2) is 59.2 Å². The predicted octanol–water partition coefficient (Wildman–Crippen LogP) is 7.56. The van der Waals surface area contributed by atoms with Crippen LogP contribution in [0.5, 0.6) is 0 Å². The fraction of sp³-hybridized carbons (Fsp3) is 0.619. The first-order chi connectivity index (χ1) is 22.3. The molecular formula is C42H56F2P2Zr. The first-order valence-corrected chi connectivity index (χ1v) is 25.1. The Morgan fingerprint density at radius 1 is 0.404 bits per heavy atom. The second-order valence-electron chi connectivity index (χ2n) is 15.4. The summed E-state index contributed by atoms with van der Waals surface area (Å²) in [7, 11) is -0.0714. The topological polar surface area (TPSA) is 0 Å². The number of benzene rings is 2. The zero-order chi connectivity index (χ0) is 30.0. The zero-order valence-electron chi connectivity index (χ0n) is 28.5. The maximum Gasteiger partial charge on any atom is -1.00 e. The van der Waals surface area contributed by atoms with Crippen LogP contribution in [0, 0.1) is 0 Å². The van der Waals surface area contributed by atoms with Gasteiger partial charge >= 0.3 is 291 Å². The average molecular weight is 752 g/mol. The minimum atomic E-state index is -0.887. The van der Waals surface area contributed by atoms with Crippen LogP contribution in [-0.4, -0.2) is 22.6 Å². The Morgan fingerprint density at radius 2 is 0.702 bits per heavy atom. The van der Waals surface area contributed by atoms with Crippen LogP contribution >= 0.6 is 15.8 Å². The maximum absolute atomic E-state index is 2.84. The van der Waals surface area contributed by atoms with E-state index in [0.29, 0.717) is 0 Å². The molecule has 2 atom stereocenters. The number of halogens is 2. The molecule has 2 unspecified atom stereocenters. The van der Waals surface area contributed by atoms with Crippen LogP contribution in [0.4, 0.5) is 0 Å². The van der Waals surface area contributed by atoms with Gasteiger partial charge in [0.15, 0.2) is 0 Å². The van der Waals surface area contributed by atoms with E-state index in [9.17, 15) is 0 Å². The van der Waals surface area contributed by atoms with Crippen LogP contribution in [-0.2, 0) is 23.2 Å². The van der Waals surface area contributed by atoms with Crippen molar-refractivity contribution in [1.82, 2.24) is 0 Å². The van der Waals surface area contributed by atoms with Crippen molar-refractivity contribution in [3.05, 3.63) is 81.4 Å². The molecule has 5 heteroatoms. The number of hydrogen-bond donors (Lipinski definition) is 0. The first kappa shape index (κ1) is 36.3. The van der Waals surface area contributed by atoms with Gasteiger partial charge in [-0.15, -0.1) is 0 Å². The van der Waals surface area contributed by atoms with Crippen molar-refractivity contribution in [1.29, 1.82) is 0 Å². The quantitative estimate of drug-likeness (QED) is 0.245. The summed E-state index contributed by atoms with van der Waals surface area (Å²) >= 11 is -0.887. The van der Waals surface area contributed by atoms with E-state index in [1.165, 1.54) is 128 Å². The van der Waals surface area contributed by atoms with Gasteiger partial charge in [0, 0.05) is 0 Å². The summed E-state index contributed by atoms with van der Waals surface area (Å²) in [5, 5.41) is 4.06. The van der Waals surface area contributed by atoms with E-state index in [1.54, 1.807) is 22.3 Å². The first-order valence-electron chi connectivity index (χ1n) is 19.3. The Morgan fingerprint density at radius 3 is 1.02 bits per heavy atom. The maximum atomic E-state index is 2.84. The summed E-state index contributed by atoms with van der Waals surface area (Å²) in [5.41, 5.74) is 10.8. The smallest absolute Gasteiger partial charge is 1.00 e.